The molecule has 2 aromatic rings. The van der Waals surface area contributed by atoms with Crippen LogP contribution in [0.4, 0.5) is 18.9 Å². The summed E-state index contributed by atoms with van der Waals surface area (Å²) >= 11 is 2.84. The van der Waals surface area contributed by atoms with E-state index in [-0.39, 0.29) is 10.2 Å². The Bertz CT molecular complexity index is 629. The predicted molar refractivity (Wildman–Crippen MR) is 71.3 cm³/mol. The Kier molecular flexibility index (Phi) is 4.08. The number of carbonyl (C=O) groups excluding carboxylic acids is 1. The minimum Gasteiger partial charge on any atom is -0.322 e. The predicted octanol–water partition coefficient (Wildman–Crippen LogP) is 4.12. The second-order valence-corrected chi connectivity index (χ2v) is 4.74. The number of carbonyl (C=O) groups is 1. The van der Waals surface area contributed by atoms with Gasteiger partial charge < -0.3 is 5.32 Å². The maximum absolute atomic E-state index is 12.7. The van der Waals surface area contributed by atoms with E-state index in [0.717, 1.165) is 6.07 Å². The minimum atomic E-state index is -4.49. The van der Waals surface area contributed by atoms with Crippen LogP contribution in [0.3, 0.4) is 0 Å². The van der Waals surface area contributed by atoms with Gasteiger partial charge in [0.15, 0.2) is 0 Å². The van der Waals surface area contributed by atoms with Crippen molar-refractivity contribution in [1.82, 2.24) is 4.98 Å². The number of hydrogen-bond acceptors (Lipinski definition) is 2. The van der Waals surface area contributed by atoms with Crippen LogP contribution in [0.1, 0.15) is 15.9 Å². The topological polar surface area (TPSA) is 42.0 Å². The van der Waals surface area contributed by atoms with Crippen molar-refractivity contribution in [2.45, 2.75) is 6.18 Å². The van der Waals surface area contributed by atoms with Gasteiger partial charge in [-0.3, -0.25) is 9.78 Å². The third-order valence-electron chi connectivity index (χ3n) is 2.47. The summed E-state index contributed by atoms with van der Waals surface area (Å²) in [6.45, 7) is 0. The second-order valence-electron chi connectivity index (χ2n) is 3.88. The first kappa shape index (κ1) is 14.5. The van der Waals surface area contributed by atoms with E-state index in [1.54, 1.807) is 0 Å². The molecular formula is C13H8BrF3N2O. The average molecular weight is 345 g/mol. The number of nitrogens with one attached hydrogen (secondary N) is 1. The third-order valence-corrected chi connectivity index (χ3v) is 3.16. The fourth-order valence-electron chi connectivity index (χ4n) is 1.53. The first-order valence-corrected chi connectivity index (χ1v) is 6.25. The molecule has 1 amide bonds. The number of pyridine rings is 1. The molecule has 2 rings (SSSR count). The van der Waals surface area contributed by atoms with Gasteiger partial charge in [0.2, 0.25) is 0 Å². The molecule has 0 radical (unpaired) electrons. The molecule has 3 nitrogen and oxygen atoms in total. The van der Waals surface area contributed by atoms with Gasteiger partial charge in [-0.25, -0.2) is 0 Å². The van der Waals surface area contributed by atoms with Crippen LogP contribution in [0.25, 0.3) is 0 Å². The molecule has 7 heteroatoms. The van der Waals surface area contributed by atoms with Crippen molar-refractivity contribution >= 4 is 27.5 Å². The number of hydrogen-bond donors (Lipinski definition) is 1. The van der Waals surface area contributed by atoms with E-state index in [0.29, 0.717) is 5.56 Å². The number of halogens is 4. The van der Waals surface area contributed by atoms with Crippen molar-refractivity contribution in [3.63, 3.8) is 0 Å². The molecule has 104 valence electrons. The van der Waals surface area contributed by atoms with E-state index in [9.17, 15) is 18.0 Å². The Morgan fingerprint density at radius 2 is 1.80 bits per heavy atom. The van der Waals surface area contributed by atoms with Crippen LogP contribution in [-0.4, -0.2) is 10.9 Å². The van der Waals surface area contributed by atoms with Gasteiger partial charge in [0, 0.05) is 28.1 Å². The Hall–Kier alpha value is -1.89. The minimum absolute atomic E-state index is 0.0716. The largest absolute Gasteiger partial charge is 0.417 e. The summed E-state index contributed by atoms with van der Waals surface area (Å²) in [6, 6.07) is 6.45. The highest BCUT2D eigenvalue weighted by atomic mass is 79.9. The Morgan fingerprint density at radius 3 is 2.40 bits per heavy atom. The zero-order chi connectivity index (χ0) is 14.8. The summed E-state index contributed by atoms with van der Waals surface area (Å²) in [7, 11) is 0. The molecule has 0 saturated heterocycles. The number of benzene rings is 1. The first-order valence-electron chi connectivity index (χ1n) is 5.46. The van der Waals surface area contributed by atoms with E-state index in [1.807, 2.05) is 0 Å². The van der Waals surface area contributed by atoms with Gasteiger partial charge in [0.25, 0.3) is 5.91 Å². The second kappa shape index (κ2) is 5.62. The van der Waals surface area contributed by atoms with Crippen LogP contribution in [0.15, 0.2) is 47.2 Å². The zero-order valence-electron chi connectivity index (χ0n) is 9.91. The molecule has 0 unspecified atom stereocenters. The van der Waals surface area contributed by atoms with E-state index in [4.69, 9.17) is 0 Å². The SMILES string of the molecule is O=C(Nc1ccc(Br)c(C(F)(F)F)c1)c1ccncc1. The molecule has 0 aliphatic rings. The van der Waals surface area contributed by atoms with E-state index in [1.165, 1.54) is 36.7 Å². The number of amides is 1. The van der Waals surface area contributed by atoms with E-state index < -0.39 is 17.6 Å². The molecule has 0 fully saturated rings. The summed E-state index contributed by atoms with van der Waals surface area (Å²) in [6.07, 6.45) is -1.63. The molecular weight excluding hydrogens is 337 g/mol. The van der Waals surface area contributed by atoms with Crippen LogP contribution in [0.2, 0.25) is 0 Å². The summed E-state index contributed by atoms with van der Waals surface area (Å²) in [5, 5.41) is 2.41. The first-order chi connectivity index (χ1) is 9.38. The summed E-state index contributed by atoms with van der Waals surface area (Å²) < 4.78 is 38.1. The average Bonchev–Trinajstić information content (AvgIpc) is 2.40. The summed E-state index contributed by atoms with van der Waals surface area (Å²) in [5.41, 5.74) is -0.455. The molecule has 1 heterocycles. The highest BCUT2D eigenvalue weighted by Gasteiger charge is 2.33. The van der Waals surface area contributed by atoms with E-state index >= 15 is 0 Å². The molecule has 0 aliphatic carbocycles. The van der Waals surface area contributed by atoms with Crippen LogP contribution in [0.5, 0.6) is 0 Å². The fraction of sp³-hybridized carbons (Fsp3) is 0.0769. The van der Waals surface area contributed by atoms with Crippen molar-refractivity contribution < 1.29 is 18.0 Å². The molecule has 1 N–H and O–H groups in total. The van der Waals surface area contributed by atoms with Gasteiger partial charge in [-0.05, 0) is 30.3 Å². The highest BCUT2D eigenvalue weighted by Crippen LogP contribution is 2.36. The smallest absolute Gasteiger partial charge is 0.322 e. The lowest BCUT2D eigenvalue weighted by atomic mass is 10.2. The van der Waals surface area contributed by atoms with Gasteiger partial charge in [-0.15, -0.1) is 0 Å². The lowest BCUT2D eigenvalue weighted by Crippen LogP contribution is -2.13. The number of anilines is 1. The van der Waals surface area contributed by atoms with Crippen LogP contribution >= 0.6 is 15.9 Å². The van der Waals surface area contributed by atoms with Crippen molar-refractivity contribution in [2.24, 2.45) is 0 Å². The molecule has 0 atom stereocenters. The molecule has 1 aromatic heterocycles. The molecule has 1 aromatic carbocycles. The number of nitrogens with zero attached hydrogens (tertiary/aromatic N) is 1. The van der Waals surface area contributed by atoms with Crippen LogP contribution in [-0.2, 0) is 6.18 Å². The molecule has 0 bridgehead atoms. The van der Waals surface area contributed by atoms with Crippen LogP contribution in [0, 0.1) is 0 Å². The van der Waals surface area contributed by atoms with Gasteiger partial charge in [-0.1, -0.05) is 15.9 Å². The monoisotopic (exact) mass is 344 g/mol. The van der Waals surface area contributed by atoms with Crippen molar-refractivity contribution in [2.75, 3.05) is 5.32 Å². The molecule has 0 saturated carbocycles. The number of rotatable bonds is 2. The van der Waals surface area contributed by atoms with Gasteiger partial charge in [0.05, 0.1) is 5.56 Å². The molecule has 0 aliphatic heterocycles. The van der Waals surface area contributed by atoms with Crippen LogP contribution < -0.4 is 5.32 Å². The summed E-state index contributed by atoms with van der Waals surface area (Å²) in [4.78, 5) is 15.6. The number of alkyl halides is 3. The Morgan fingerprint density at radius 1 is 1.15 bits per heavy atom. The maximum atomic E-state index is 12.7. The van der Waals surface area contributed by atoms with Crippen molar-refractivity contribution in [3.05, 3.63) is 58.3 Å². The highest BCUT2D eigenvalue weighted by molar-refractivity contribution is 9.10. The number of aromatic nitrogens is 1. The lowest BCUT2D eigenvalue weighted by molar-refractivity contribution is -0.138. The Balaban J connectivity index is 2.25. The molecule has 0 spiro atoms. The summed E-state index contributed by atoms with van der Waals surface area (Å²) in [5.74, 6) is -0.497. The van der Waals surface area contributed by atoms with Gasteiger partial charge in [-0.2, -0.15) is 13.2 Å². The van der Waals surface area contributed by atoms with Gasteiger partial charge in [0.1, 0.15) is 0 Å². The lowest BCUT2D eigenvalue weighted by Gasteiger charge is -2.12. The Labute approximate surface area is 121 Å². The fourth-order valence-corrected chi connectivity index (χ4v) is 2.00. The quantitative estimate of drug-likeness (QED) is 0.890. The van der Waals surface area contributed by atoms with Gasteiger partial charge >= 0.3 is 6.18 Å². The molecule has 20 heavy (non-hydrogen) atoms. The van der Waals surface area contributed by atoms with Crippen molar-refractivity contribution in [3.8, 4) is 0 Å². The maximum Gasteiger partial charge on any atom is 0.417 e. The normalized spacial score (nSPS) is 11.2. The standard InChI is InChI=1S/C13H8BrF3N2O/c14-11-2-1-9(7-10(11)13(15,16)17)19-12(20)8-3-5-18-6-4-8/h1-7H,(H,19,20). The van der Waals surface area contributed by atoms with Crippen molar-refractivity contribution in [1.29, 1.82) is 0 Å². The third kappa shape index (κ3) is 3.36. The van der Waals surface area contributed by atoms with E-state index in [2.05, 4.69) is 26.2 Å². The zero-order valence-corrected chi connectivity index (χ0v) is 11.5.